The summed E-state index contributed by atoms with van der Waals surface area (Å²) in [5.74, 6) is 1.28. The van der Waals surface area contributed by atoms with Crippen molar-refractivity contribution in [3.05, 3.63) is 58.9 Å². The summed E-state index contributed by atoms with van der Waals surface area (Å²) in [6, 6.07) is 10.2. The quantitative estimate of drug-likeness (QED) is 0.426. The summed E-state index contributed by atoms with van der Waals surface area (Å²) in [4.78, 5) is 24.1. The number of nitro benzene ring substituents is 1. The maximum absolute atomic E-state index is 11.5. The molecule has 1 atom stereocenters. The Hall–Kier alpha value is -3.75. The van der Waals surface area contributed by atoms with Crippen molar-refractivity contribution in [3.8, 4) is 17.0 Å². The molecule has 1 aromatic carbocycles. The third kappa shape index (κ3) is 4.95. The SMILES string of the molecule is CC[C@H](C)Nc1nc(Nc2ccc(OC)cc2[N+](=O)[O-])cc(-c2ccncc2)n1. The van der Waals surface area contributed by atoms with Crippen LogP contribution >= 0.6 is 0 Å². The highest BCUT2D eigenvalue weighted by molar-refractivity contribution is 5.72. The average molecular weight is 394 g/mol. The summed E-state index contributed by atoms with van der Waals surface area (Å²) < 4.78 is 5.09. The van der Waals surface area contributed by atoms with Gasteiger partial charge in [0.15, 0.2) is 0 Å². The molecule has 0 aliphatic heterocycles. The van der Waals surface area contributed by atoms with Gasteiger partial charge in [0.2, 0.25) is 5.95 Å². The molecule has 0 bridgehead atoms. The molecule has 3 rings (SSSR count). The lowest BCUT2D eigenvalue weighted by Crippen LogP contribution is -2.16. The molecule has 0 aliphatic rings. The summed E-state index contributed by atoms with van der Waals surface area (Å²) in [5, 5.41) is 17.8. The first-order valence-corrected chi connectivity index (χ1v) is 9.15. The Bertz CT molecular complexity index is 997. The predicted octanol–water partition coefficient (Wildman–Crippen LogP) is 4.41. The van der Waals surface area contributed by atoms with Gasteiger partial charge < -0.3 is 15.4 Å². The number of nitro groups is 1. The number of hydrogen-bond acceptors (Lipinski definition) is 8. The maximum Gasteiger partial charge on any atom is 0.296 e. The van der Waals surface area contributed by atoms with E-state index in [4.69, 9.17) is 4.74 Å². The minimum atomic E-state index is -0.464. The molecule has 0 spiro atoms. The van der Waals surface area contributed by atoms with Crippen molar-refractivity contribution in [1.82, 2.24) is 15.0 Å². The Morgan fingerprint density at radius 1 is 1.17 bits per heavy atom. The summed E-state index contributed by atoms with van der Waals surface area (Å²) in [6.45, 7) is 4.09. The monoisotopic (exact) mass is 394 g/mol. The number of methoxy groups -OCH3 is 1. The van der Waals surface area contributed by atoms with Crippen molar-refractivity contribution in [1.29, 1.82) is 0 Å². The number of ether oxygens (including phenoxy) is 1. The summed E-state index contributed by atoms with van der Waals surface area (Å²) >= 11 is 0. The molecular formula is C20H22N6O3. The van der Waals surface area contributed by atoms with Crippen LogP contribution in [0, 0.1) is 10.1 Å². The smallest absolute Gasteiger partial charge is 0.296 e. The number of benzene rings is 1. The molecule has 3 aromatic rings. The van der Waals surface area contributed by atoms with E-state index >= 15 is 0 Å². The Morgan fingerprint density at radius 2 is 1.93 bits per heavy atom. The predicted molar refractivity (Wildman–Crippen MR) is 112 cm³/mol. The molecule has 2 N–H and O–H groups in total. The summed E-state index contributed by atoms with van der Waals surface area (Å²) in [6.07, 6.45) is 4.26. The lowest BCUT2D eigenvalue weighted by Gasteiger charge is -2.15. The van der Waals surface area contributed by atoms with E-state index in [2.05, 4.69) is 32.5 Å². The number of rotatable bonds is 8. The number of pyridine rings is 1. The number of nitrogens with zero attached hydrogens (tertiary/aromatic N) is 4. The Balaban J connectivity index is 2.02. The fourth-order valence-corrected chi connectivity index (χ4v) is 2.60. The molecule has 29 heavy (non-hydrogen) atoms. The highest BCUT2D eigenvalue weighted by Gasteiger charge is 2.17. The Kier molecular flexibility index (Phi) is 6.18. The third-order valence-corrected chi connectivity index (χ3v) is 4.35. The standard InChI is InChI=1S/C20H22N6O3/c1-4-13(2)22-20-24-17(14-7-9-21-10-8-14)12-19(25-20)23-16-6-5-15(29-3)11-18(16)26(27)28/h5-13H,4H2,1-3H3,(H2,22,23,24,25)/t13-/m0/s1. The molecule has 2 heterocycles. The van der Waals surface area contributed by atoms with Gasteiger partial charge in [0.05, 0.1) is 23.8 Å². The van der Waals surface area contributed by atoms with Gasteiger partial charge >= 0.3 is 0 Å². The van der Waals surface area contributed by atoms with Crippen LogP contribution in [0.5, 0.6) is 5.75 Å². The second-order valence-corrected chi connectivity index (χ2v) is 6.42. The van der Waals surface area contributed by atoms with Crippen LogP contribution < -0.4 is 15.4 Å². The van der Waals surface area contributed by atoms with Crippen molar-refractivity contribution in [2.75, 3.05) is 17.7 Å². The minimum Gasteiger partial charge on any atom is -0.496 e. The average Bonchev–Trinajstić information content (AvgIpc) is 2.74. The first-order valence-electron chi connectivity index (χ1n) is 9.15. The second kappa shape index (κ2) is 8.96. The number of hydrogen-bond donors (Lipinski definition) is 2. The maximum atomic E-state index is 11.5. The van der Waals surface area contributed by atoms with Crippen molar-refractivity contribution in [2.24, 2.45) is 0 Å². The molecule has 0 fully saturated rings. The van der Waals surface area contributed by atoms with Crippen LogP contribution in [0.4, 0.5) is 23.1 Å². The van der Waals surface area contributed by atoms with E-state index in [9.17, 15) is 10.1 Å². The van der Waals surface area contributed by atoms with E-state index in [0.29, 0.717) is 28.9 Å². The summed E-state index contributed by atoms with van der Waals surface area (Å²) in [5.41, 5.74) is 1.74. The van der Waals surface area contributed by atoms with E-state index in [-0.39, 0.29) is 11.7 Å². The van der Waals surface area contributed by atoms with Gasteiger partial charge in [-0.15, -0.1) is 0 Å². The van der Waals surface area contributed by atoms with Crippen molar-refractivity contribution in [3.63, 3.8) is 0 Å². The van der Waals surface area contributed by atoms with E-state index in [1.165, 1.54) is 13.2 Å². The van der Waals surface area contributed by atoms with E-state index in [1.54, 1.807) is 30.6 Å². The van der Waals surface area contributed by atoms with Gasteiger partial charge in [-0.1, -0.05) is 6.92 Å². The molecule has 0 aliphatic carbocycles. The first kappa shape index (κ1) is 20.0. The van der Waals surface area contributed by atoms with Crippen LogP contribution in [0.15, 0.2) is 48.8 Å². The second-order valence-electron chi connectivity index (χ2n) is 6.42. The molecule has 0 saturated heterocycles. The molecule has 0 unspecified atom stereocenters. The molecule has 0 radical (unpaired) electrons. The first-order chi connectivity index (χ1) is 14.0. The van der Waals surface area contributed by atoms with Gasteiger partial charge in [-0.25, -0.2) is 4.98 Å². The molecular weight excluding hydrogens is 372 g/mol. The van der Waals surface area contributed by atoms with Gasteiger partial charge in [-0.05, 0) is 37.6 Å². The van der Waals surface area contributed by atoms with Crippen LogP contribution in [-0.2, 0) is 0 Å². The molecule has 2 aromatic heterocycles. The van der Waals surface area contributed by atoms with Crippen molar-refractivity contribution in [2.45, 2.75) is 26.3 Å². The molecule has 0 amide bonds. The zero-order valence-corrected chi connectivity index (χ0v) is 16.4. The van der Waals surface area contributed by atoms with E-state index < -0.39 is 4.92 Å². The van der Waals surface area contributed by atoms with Gasteiger partial charge in [0, 0.05) is 30.1 Å². The highest BCUT2D eigenvalue weighted by Crippen LogP contribution is 2.32. The van der Waals surface area contributed by atoms with Crippen molar-refractivity contribution >= 4 is 23.1 Å². The normalized spacial score (nSPS) is 11.6. The van der Waals surface area contributed by atoms with Gasteiger partial charge in [-0.2, -0.15) is 4.98 Å². The summed E-state index contributed by atoms with van der Waals surface area (Å²) in [7, 11) is 1.46. The molecule has 9 nitrogen and oxygen atoms in total. The Labute approximate surface area is 168 Å². The molecule has 0 saturated carbocycles. The van der Waals surface area contributed by atoms with Gasteiger partial charge in [0.25, 0.3) is 5.69 Å². The largest absolute Gasteiger partial charge is 0.496 e. The van der Waals surface area contributed by atoms with Gasteiger partial charge in [0.1, 0.15) is 17.3 Å². The van der Waals surface area contributed by atoms with Crippen LogP contribution in [0.25, 0.3) is 11.3 Å². The van der Waals surface area contributed by atoms with Crippen LogP contribution in [0.3, 0.4) is 0 Å². The van der Waals surface area contributed by atoms with Crippen LogP contribution in [0.2, 0.25) is 0 Å². The van der Waals surface area contributed by atoms with E-state index in [1.807, 2.05) is 19.1 Å². The number of aromatic nitrogens is 3. The zero-order chi connectivity index (χ0) is 20.8. The topological polar surface area (TPSA) is 115 Å². The third-order valence-electron chi connectivity index (χ3n) is 4.35. The Morgan fingerprint density at radius 3 is 2.59 bits per heavy atom. The number of anilines is 3. The lowest BCUT2D eigenvalue weighted by molar-refractivity contribution is -0.384. The van der Waals surface area contributed by atoms with E-state index in [0.717, 1.165) is 12.0 Å². The fourth-order valence-electron chi connectivity index (χ4n) is 2.60. The zero-order valence-electron chi connectivity index (χ0n) is 16.4. The van der Waals surface area contributed by atoms with Crippen LogP contribution in [-0.4, -0.2) is 33.0 Å². The molecule has 9 heteroatoms. The minimum absolute atomic E-state index is 0.107. The van der Waals surface area contributed by atoms with Gasteiger partial charge in [-0.3, -0.25) is 15.1 Å². The number of nitrogens with one attached hydrogen (secondary N) is 2. The fraction of sp³-hybridized carbons (Fsp3) is 0.250. The van der Waals surface area contributed by atoms with Crippen molar-refractivity contribution < 1.29 is 9.66 Å². The van der Waals surface area contributed by atoms with Crippen LogP contribution in [0.1, 0.15) is 20.3 Å². The molecule has 150 valence electrons. The lowest BCUT2D eigenvalue weighted by atomic mass is 10.2. The highest BCUT2D eigenvalue weighted by atomic mass is 16.6.